The lowest BCUT2D eigenvalue weighted by atomic mass is 10.1. The summed E-state index contributed by atoms with van der Waals surface area (Å²) in [6.07, 6.45) is 1.53. The van der Waals surface area contributed by atoms with Gasteiger partial charge in [-0.05, 0) is 67.6 Å². The number of halogens is 2. The number of rotatable bonds is 4. The average Bonchev–Trinajstić information content (AvgIpc) is 3.11. The fourth-order valence-electron chi connectivity index (χ4n) is 2.93. The van der Waals surface area contributed by atoms with Gasteiger partial charge in [-0.3, -0.25) is 0 Å². The molecule has 7 heteroatoms. The number of aryl methyl sites for hydroxylation is 1. The van der Waals surface area contributed by atoms with E-state index in [0.717, 1.165) is 10.0 Å². The monoisotopic (exact) mass is 495 g/mol. The van der Waals surface area contributed by atoms with E-state index in [2.05, 4.69) is 20.9 Å². The third kappa shape index (κ3) is 4.93. The smallest absolute Gasteiger partial charge is 0.363 e. The van der Waals surface area contributed by atoms with E-state index < -0.39 is 11.9 Å². The highest BCUT2D eigenvalue weighted by atomic mass is 79.9. The molecule has 1 aliphatic heterocycles. The Morgan fingerprint density at radius 1 is 1.10 bits per heavy atom. The number of carbonyl (C=O) groups excluding carboxylic acids is 2. The molecule has 0 saturated carbocycles. The minimum absolute atomic E-state index is 0.110. The summed E-state index contributed by atoms with van der Waals surface area (Å²) in [7, 11) is 0. The first-order valence-corrected chi connectivity index (χ1v) is 10.4. The van der Waals surface area contributed by atoms with E-state index in [1.54, 1.807) is 42.5 Å². The highest BCUT2D eigenvalue weighted by Crippen LogP contribution is 2.28. The second-order valence-electron chi connectivity index (χ2n) is 6.78. The molecule has 4 rings (SSSR count). The van der Waals surface area contributed by atoms with Gasteiger partial charge in [0.05, 0.1) is 5.56 Å². The normalized spacial score (nSPS) is 14.4. The highest BCUT2D eigenvalue weighted by molar-refractivity contribution is 9.10. The van der Waals surface area contributed by atoms with Crippen molar-refractivity contribution >= 4 is 51.4 Å². The Bertz CT molecular complexity index is 1250. The molecule has 1 aliphatic rings. The van der Waals surface area contributed by atoms with Crippen LogP contribution in [0.5, 0.6) is 5.75 Å². The maximum Gasteiger partial charge on any atom is 0.363 e. The van der Waals surface area contributed by atoms with Crippen LogP contribution in [-0.2, 0) is 9.53 Å². The molecule has 0 radical (unpaired) electrons. The molecule has 0 amide bonds. The van der Waals surface area contributed by atoms with E-state index in [9.17, 15) is 9.59 Å². The van der Waals surface area contributed by atoms with Crippen molar-refractivity contribution in [2.45, 2.75) is 6.92 Å². The molecule has 0 fully saturated rings. The maximum atomic E-state index is 12.5. The third-order valence-corrected chi connectivity index (χ3v) is 5.18. The van der Waals surface area contributed by atoms with Gasteiger partial charge < -0.3 is 9.47 Å². The highest BCUT2D eigenvalue weighted by Gasteiger charge is 2.25. The van der Waals surface area contributed by atoms with Gasteiger partial charge in [0, 0.05) is 20.6 Å². The molecule has 0 N–H and O–H groups in total. The predicted octanol–water partition coefficient (Wildman–Crippen LogP) is 5.97. The second-order valence-corrected chi connectivity index (χ2v) is 8.14. The molecule has 0 unspecified atom stereocenters. The van der Waals surface area contributed by atoms with E-state index in [4.69, 9.17) is 21.1 Å². The number of hydrogen-bond acceptors (Lipinski definition) is 5. The Hall–Kier alpha value is -3.22. The molecular formula is C24H15BrClNO4. The first-order chi connectivity index (χ1) is 14.9. The van der Waals surface area contributed by atoms with Crippen LogP contribution < -0.4 is 4.74 Å². The molecule has 5 nitrogen and oxygen atoms in total. The molecule has 31 heavy (non-hydrogen) atoms. The molecule has 0 spiro atoms. The third-order valence-electron chi connectivity index (χ3n) is 4.43. The van der Waals surface area contributed by atoms with Gasteiger partial charge in [0.25, 0.3) is 0 Å². The summed E-state index contributed by atoms with van der Waals surface area (Å²) in [5.41, 5.74) is 2.69. The van der Waals surface area contributed by atoms with Gasteiger partial charge in [-0.2, -0.15) is 0 Å². The molecular weight excluding hydrogens is 482 g/mol. The molecule has 0 atom stereocenters. The predicted molar refractivity (Wildman–Crippen MR) is 122 cm³/mol. The quantitative estimate of drug-likeness (QED) is 0.253. The molecule has 0 aromatic heterocycles. The average molecular weight is 497 g/mol. The standard InChI is InChI=1S/C24H15BrClNO4/c1-14-3-2-4-16(11-14)22-27-20(24(29)31-22)13-17-12-18(25)7-10-21(17)30-23(28)15-5-8-19(26)9-6-15/h2-13H,1H3/b20-13+. The van der Waals surface area contributed by atoms with Crippen LogP contribution in [0.3, 0.4) is 0 Å². The lowest BCUT2D eigenvalue weighted by Gasteiger charge is -2.08. The van der Waals surface area contributed by atoms with Crippen molar-refractivity contribution in [3.8, 4) is 5.75 Å². The zero-order valence-electron chi connectivity index (χ0n) is 16.3. The molecule has 1 heterocycles. The van der Waals surface area contributed by atoms with Gasteiger partial charge in [-0.15, -0.1) is 0 Å². The number of carbonyl (C=O) groups is 2. The largest absolute Gasteiger partial charge is 0.422 e. The van der Waals surface area contributed by atoms with Crippen molar-refractivity contribution in [3.63, 3.8) is 0 Å². The van der Waals surface area contributed by atoms with E-state index in [0.29, 0.717) is 21.7 Å². The molecule has 0 saturated heterocycles. The van der Waals surface area contributed by atoms with Gasteiger partial charge in [0.1, 0.15) is 5.75 Å². The van der Waals surface area contributed by atoms with Crippen LogP contribution in [0.1, 0.15) is 27.0 Å². The van der Waals surface area contributed by atoms with Crippen LogP contribution >= 0.6 is 27.5 Å². The fourth-order valence-corrected chi connectivity index (χ4v) is 3.43. The number of cyclic esters (lactones) is 1. The van der Waals surface area contributed by atoms with Crippen molar-refractivity contribution in [2.75, 3.05) is 0 Å². The zero-order chi connectivity index (χ0) is 22.0. The Kier molecular flexibility index (Phi) is 6.02. The van der Waals surface area contributed by atoms with Crippen molar-refractivity contribution in [2.24, 2.45) is 4.99 Å². The first-order valence-electron chi connectivity index (χ1n) is 9.26. The topological polar surface area (TPSA) is 65.0 Å². The van der Waals surface area contributed by atoms with Crippen LogP contribution in [0.25, 0.3) is 6.08 Å². The summed E-state index contributed by atoms with van der Waals surface area (Å²) in [5, 5.41) is 0.521. The van der Waals surface area contributed by atoms with E-state index in [1.165, 1.54) is 6.08 Å². The summed E-state index contributed by atoms with van der Waals surface area (Å²) < 4.78 is 11.6. The molecule has 0 bridgehead atoms. The molecule has 3 aromatic rings. The number of hydrogen-bond donors (Lipinski definition) is 0. The maximum absolute atomic E-state index is 12.5. The van der Waals surface area contributed by atoms with Crippen LogP contribution in [0, 0.1) is 6.92 Å². The first kappa shape index (κ1) is 21.0. The van der Waals surface area contributed by atoms with E-state index in [-0.39, 0.29) is 17.3 Å². The molecule has 3 aromatic carbocycles. The number of benzene rings is 3. The van der Waals surface area contributed by atoms with Gasteiger partial charge in [-0.25, -0.2) is 14.6 Å². The van der Waals surface area contributed by atoms with Gasteiger partial charge in [-0.1, -0.05) is 45.2 Å². The van der Waals surface area contributed by atoms with E-state index in [1.807, 2.05) is 31.2 Å². The summed E-state index contributed by atoms with van der Waals surface area (Å²) >= 11 is 9.27. The van der Waals surface area contributed by atoms with Crippen LogP contribution in [-0.4, -0.2) is 17.8 Å². The van der Waals surface area contributed by atoms with Gasteiger partial charge in [0.2, 0.25) is 5.90 Å². The van der Waals surface area contributed by atoms with Gasteiger partial charge in [0.15, 0.2) is 5.70 Å². The number of aliphatic imine (C=N–C) groups is 1. The van der Waals surface area contributed by atoms with Crippen LogP contribution in [0.4, 0.5) is 0 Å². The van der Waals surface area contributed by atoms with Gasteiger partial charge >= 0.3 is 11.9 Å². The second kappa shape index (κ2) is 8.88. The lowest BCUT2D eigenvalue weighted by Crippen LogP contribution is -2.09. The summed E-state index contributed by atoms with van der Waals surface area (Å²) in [6.45, 7) is 1.94. The summed E-state index contributed by atoms with van der Waals surface area (Å²) in [5.74, 6) is -0.611. The van der Waals surface area contributed by atoms with Crippen LogP contribution in [0.2, 0.25) is 5.02 Å². The van der Waals surface area contributed by atoms with Crippen LogP contribution in [0.15, 0.2) is 81.9 Å². The number of nitrogens with zero attached hydrogens (tertiary/aromatic N) is 1. The number of ether oxygens (including phenoxy) is 2. The minimum atomic E-state index is -0.577. The van der Waals surface area contributed by atoms with Crippen molar-refractivity contribution in [3.05, 3.63) is 104 Å². The Balaban J connectivity index is 1.65. The Labute approximate surface area is 192 Å². The SMILES string of the molecule is Cc1cccc(C2=N/C(=C/c3cc(Br)ccc3OC(=O)c3ccc(Cl)cc3)C(=O)O2)c1. The Morgan fingerprint density at radius 2 is 1.87 bits per heavy atom. The number of esters is 2. The Morgan fingerprint density at radius 3 is 2.61 bits per heavy atom. The van der Waals surface area contributed by atoms with E-state index >= 15 is 0 Å². The van der Waals surface area contributed by atoms with Crippen molar-refractivity contribution in [1.82, 2.24) is 0 Å². The van der Waals surface area contributed by atoms with Crippen molar-refractivity contribution in [1.29, 1.82) is 0 Å². The molecule has 154 valence electrons. The lowest BCUT2D eigenvalue weighted by molar-refractivity contribution is -0.129. The zero-order valence-corrected chi connectivity index (χ0v) is 18.6. The fraction of sp³-hybridized carbons (Fsp3) is 0.0417. The van der Waals surface area contributed by atoms with Crippen molar-refractivity contribution < 1.29 is 19.1 Å². The molecule has 0 aliphatic carbocycles. The summed E-state index contributed by atoms with van der Waals surface area (Å²) in [6, 6.07) is 19.0. The summed E-state index contributed by atoms with van der Waals surface area (Å²) in [4.78, 5) is 29.2. The minimum Gasteiger partial charge on any atom is -0.422 e.